The number of hydrogen-bond donors (Lipinski definition) is 2. The van der Waals surface area contributed by atoms with Crippen LogP contribution in [0, 0.1) is 6.92 Å². The lowest BCUT2D eigenvalue weighted by Gasteiger charge is -2.13. The molecule has 2 N–H and O–H groups in total. The second kappa shape index (κ2) is 8.13. The summed E-state index contributed by atoms with van der Waals surface area (Å²) in [6, 6.07) is 15.4. The summed E-state index contributed by atoms with van der Waals surface area (Å²) >= 11 is 0. The van der Waals surface area contributed by atoms with Crippen LogP contribution in [-0.4, -0.2) is 18.4 Å². The van der Waals surface area contributed by atoms with Gasteiger partial charge in [0.15, 0.2) is 0 Å². The molecule has 0 aromatic heterocycles. The zero-order chi connectivity index (χ0) is 16.7. The number of benzene rings is 2. The third-order valence-corrected chi connectivity index (χ3v) is 3.66. The Morgan fingerprint density at radius 2 is 1.70 bits per heavy atom. The lowest BCUT2D eigenvalue weighted by Crippen LogP contribution is -2.34. The van der Waals surface area contributed by atoms with Crippen molar-refractivity contribution in [2.75, 3.05) is 11.9 Å². The number of para-hydroxylation sites is 1. The first kappa shape index (κ1) is 16.7. The number of nitrogens with one attached hydrogen (secondary N) is 2. The summed E-state index contributed by atoms with van der Waals surface area (Å²) in [7, 11) is 0. The lowest BCUT2D eigenvalue weighted by atomic mass is 10.1. The summed E-state index contributed by atoms with van der Waals surface area (Å²) in [6.07, 6.45) is 1.12. The van der Waals surface area contributed by atoms with Gasteiger partial charge in [-0.15, -0.1) is 0 Å². The first-order valence-electron chi connectivity index (χ1n) is 7.79. The molecule has 0 atom stereocenters. The van der Waals surface area contributed by atoms with Crippen LogP contribution >= 0.6 is 0 Å². The highest BCUT2D eigenvalue weighted by Crippen LogP contribution is 2.20. The van der Waals surface area contributed by atoms with Crippen LogP contribution in [0.5, 0.6) is 0 Å². The van der Waals surface area contributed by atoms with Gasteiger partial charge in [0.1, 0.15) is 0 Å². The normalized spacial score (nSPS) is 10.2. The van der Waals surface area contributed by atoms with E-state index in [1.54, 1.807) is 0 Å². The minimum absolute atomic E-state index is 0.0246. The molecule has 0 unspecified atom stereocenters. The average molecular weight is 310 g/mol. The summed E-state index contributed by atoms with van der Waals surface area (Å²) in [4.78, 5) is 23.9. The summed E-state index contributed by atoms with van der Waals surface area (Å²) in [5.41, 5.74) is 3.89. The maximum Gasteiger partial charge on any atom is 0.243 e. The Morgan fingerprint density at radius 1 is 0.957 bits per heavy atom. The van der Waals surface area contributed by atoms with E-state index in [1.807, 2.05) is 62.4 Å². The van der Waals surface area contributed by atoms with Gasteiger partial charge in [-0.1, -0.05) is 55.5 Å². The van der Waals surface area contributed by atoms with Crippen molar-refractivity contribution in [3.8, 4) is 0 Å². The van der Waals surface area contributed by atoms with Crippen molar-refractivity contribution in [2.24, 2.45) is 0 Å². The molecule has 0 spiro atoms. The Morgan fingerprint density at radius 3 is 2.39 bits per heavy atom. The summed E-state index contributed by atoms with van der Waals surface area (Å²) in [5, 5.41) is 5.55. The summed E-state index contributed by atoms with van der Waals surface area (Å²) in [6.45, 7) is 3.98. The predicted molar refractivity (Wildman–Crippen MR) is 92.3 cm³/mol. The smallest absolute Gasteiger partial charge is 0.243 e. The molecule has 0 aliphatic heterocycles. The molecule has 23 heavy (non-hydrogen) atoms. The van der Waals surface area contributed by atoms with Gasteiger partial charge in [-0.25, -0.2) is 0 Å². The molecule has 2 rings (SSSR count). The van der Waals surface area contributed by atoms with Crippen molar-refractivity contribution in [3.63, 3.8) is 0 Å². The molecule has 0 aliphatic carbocycles. The third-order valence-electron chi connectivity index (χ3n) is 3.66. The second-order valence-corrected chi connectivity index (χ2v) is 5.45. The molecule has 0 bridgehead atoms. The van der Waals surface area contributed by atoms with Gasteiger partial charge in [0.05, 0.1) is 13.0 Å². The molecule has 0 heterocycles. The fraction of sp³-hybridized carbons (Fsp3) is 0.263. The molecule has 2 aromatic carbocycles. The first-order chi connectivity index (χ1) is 11.1. The molecule has 2 amide bonds. The molecule has 4 nitrogen and oxygen atoms in total. The van der Waals surface area contributed by atoms with E-state index in [4.69, 9.17) is 0 Å². The number of anilines is 1. The van der Waals surface area contributed by atoms with Gasteiger partial charge in [0.25, 0.3) is 0 Å². The van der Waals surface area contributed by atoms with Crippen LogP contribution in [0.15, 0.2) is 48.5 Å². The topological polar surface area (TPSA) is 58.2 Å². The van der Waals surface area contributed by atoms with Crippen LogP contribution in [-0.2, 0) is 22.4 Å². The lowest BCUT2D eigenvalue weighted by molar-refractivity contribution is -0.123. The van der Waals surface area contributed by atoms with Gasteiger partial charge in [0, 0.05) is 5.69 Å². The summed E-state index contributed by atoms with van der Waals surface area (Å²) < 4.78 is 0. The van der Waals surface area contributed by atoms with Crippen molar-refractivity contribution in [2.45, 2.75) is 26.7 Å². The number of rotatable bonds is 6. The van der Waals surface area contributed by atoms with Crippen LogP contribution in [0.2, 0.25) is 0 Å². The largest absolute Gasteiger partial charge is 0.347 e. The van der Waals surface area contributed by atoms with Crippen LogP contribution in [0.1, 0.15) is 23.6 Å². The minimum atomic E-state index is -0.213. The third kappa shape index (κ3) is 4.95. The average Bonchev–Trinajstić information content (AvgIpc) is 2.56. The monoisotopic (exact) mass is 310 g/mol. The van der Waals surface area contributed by atoms with E-state index in [9.17, 15) is 9.59 Å². The molecule has 0 saturated carbocycles. The number of carbonyl (C=O) groups is 2. The van der Waals surface area contributed by atoms with Gasteiger partial charge < -0.3 is 10.6 Å². The van der Waals surface area contributed by atoms with Gasteiger partial charge >= 0.3 is 0 Å². The Labute approximate surface area is 136 Å². The number of carbonyl (C=O) groups excluding carboxylic acids is 2. The van der Waals surface area contributed by atoms with E-state index >= 15 is 0 Å². The molecular formula is C19H22N2O2. The standard InChI is InChI=1S/C19H22N2O2/c1-3-16-11-7-8-14(2)19(16)21-18(23)13-20-17(22)12-15-9-5-4-6-10-15/h4-11H,3,12-13H2,1-2H3,(H,20,22)(H,21,23). The van der Waals surface area contributed by atoms with Gasteiger partial charge in [0.2, 0.25) is 11.8 Å². The molecule has 0 saturated heterocycles. The van der Waals surface area contributed by atoms with Crippen molar-refractivity contribution in [1.82, 2.24) is 5.32 Å². The molecular weight excluding hydrogens is 288 g/mol. The zero-order valence-corrected chi connectivity index (χ0v) is 13.6. The van der Waals surface area contributed by atoms with E-state index in [0.29, 0.717) is 0 Å². The van der Waals surface area contributed by atoms with Gasteiger partial charge in [-0.2, -0.15) is 0 Å². The van der Waals surface area contributed by atoms with E-state index in [0.717, 1.165) is 28.8 Å². The van der Waals surface area contributed by atoms with Crippen molar-refractivity contribution in [1.29, 1.82) is 0 Å². The number of amides is 2. The Bertz CT molecular complexity index is 681. The maximum absolute atomic E-state index is 12.1. The highest BCUT2D eigenvalue weighted by Gasteiger charge is 2.10. The molecule has 0 fully saturated rings. The summed E-state index contributed by atoms with van der Waals surface area (Å²) in [5.74, 6) is -0.373. The van der Waals surface area contributed by atoms with E-state index in [-0.39, 0.29) is 24.8 Å². The second-order valence-electron chi connectivity index (χ2n) is 5.45. The van der Waals surface area contributed by atoms with Crippen LogP contribution in [0.4, 0.5) is 5.69 Å². The Hall–Kier alpha value is -2.62. The quantitative estimate of drug-likeness (QED) is 0.862. The fourth-order valence-electron chi connectivity index (χ4n) is 2.41. The van der Waals surface area contributed by atoms with Crippen molar-refractivity contribution >= 4 is 17.5 Å². The fourth-order valence-corrected chi connectivity index (χ4v) is 2.41. The predicted octanol–water partition coefficient (Wildman–Crippen LogP) is 2.85. The highest BCUT2D eigenvalue weighted by molar-refractivity contribution is 5.96. The molecule has 120 valence electrons. The van der Waals surface area contributed by atoms with Crippen molar-refractivity contribution < 1.29 is 9.59 Å². The van der Waals surface area contributed by atoms with E-state index < -0.39 is 0 Å². The molecule has 4 heteroatoms. The zero-order valence-electron chi connectivity index (χ0n) is 13.6. The molecule has 0 radical (unpaired) electrons. The maximum atomic E-state index is 12.1. The minimum Gasteiger partial charge on any atom is -0.347 e. The van der Waals surface area contributed by atoms with Crippen molar-refractivity contribution in [3.05, 3.63) is 65.2 Å². The van der Waals surface area contributed by atoms with Crippen LogP contribution in [0.25, 0.3) is 0 Å². The highest BCUT2D eigenvalue weighted by atomic mass is 16.2. The number of aryl methyl sites for hydroxylation is 2. The Kier molecular flexibility index (Phi) is 5.92. The number of hydrogen-bond acceptors (Lipinski definition) is 2. The Balaban J connectivity index is 1.87. The molecule has 2 aromatic rings. The van der Waals surface area contributed by atoms with Crippen LogP contribution < -0.4 is 10.6 Å². The SMILES string of the molecule is CCc1cccc(C)c1NC(=O)CNC(=O)Cc1ccccc1. The molecule has 0 aliphatic rings. The van der Waals surface area contributed by atoms with E-state index in [1.165, 1.54) is 0 Å². The van der Waals surface area contributed by atoms with Gasteiger partial charge in [-0.3, -0.25) is 9.59 Å². The van der Waals surface area contributed by atoms with E-state index in [2.05, 4.69) is 10.6 Å². The first-order valence-corrected chi connectivity index (χ1v) is 7.79. The van der Waals surface area contributed by atoms with Gasteiger partial charge in [-0.05, 0) is 30.0 Å². The van der Waals surface area contributed by atoms with Crippen LogP contribution in [0.3, 0.4) is 0 Å².